The van der Waals surface area contributed by atoms with Crippen molar-refractivity contribution < 1.29 is 49.0 Å². The first-order valence-electron chi connectivity index (χ1n) is 14.5. The van der Waals surface area contributed by atoms with Crippen molar-refractivity contribution in [3.05, 3.63) is 119 Å². The maximum atomic E-state index is 3.67. The van der Waals surface area contributed by atoms with Crippen molar-refractivity contribution in [1.82, 2.24) is 0 Å². The van der Waals surface area contributed by atoms with Crippen LogP contribution in [0.2, 0.25) is 0 Å². The molecule has 41 heavy (non-hydrogen) atoms. The predicted octanol–water partition coefficient (Wildman–Crippen LogP) is 4.11. The summed E-state index contributed by atoms with van der Waals surface area (Å²) in [4.78, 5) is 0. The molecule has 5 rings (SSSR count). The van der Waals surface area contributed by atoms with Gasteiger partial charge in [0.15, 0.2) is 0 Å². The van der Waals surface area contributed by atoms with E-state index in [-0.39, 0.29) is 35.6 Å². The molecule has 0 fully saturated rings. The van der Waals surface area contributed by atoms with Gasteiger partial charge in [0.05, 0.1) is 0 Å². The molecular formula is C38H46Cl2Zr-2. The first-order valence-corrected chi connectivity index (χ1v) is 15.7. The summed E-state index contributed by atoms with van der Waals surface area (Å²) in [5.41, 5.74) is 10.2. The zero-order valence-corrected chi connectivity index (χ0v) is 30.0. The monoisotopic (exact) mass is 662 g/mol. The van der Waals surface area contributed by atoms with Gasteiger partial charge in [0, 0.05) is 0 Å². The molecule has 0 bridgehead atoms. The molecule has 3 aromatic rings. The van der Waals surface area contributed by atoms with E-state index in [2.05, 4.69) is 127 Å². The van der Waals surface area contributed by atoms with Crippen molar-refractivity contribution in [2.45, 2.75) is 97.8 Å². The molecule has 0 N–H and O–H groups in total. The summed E-state index contributed by atoms with van der Waals surface area (Å²) < 4.78 is 1.69. The summed E-state index contributed by atoms with van der Waals surface area (Å²) in [5.74, 6) is 0. The van der Waals surface area contributed by atoms with Gasteiger partial charge in [-0.25, -0.2) is 12.2 Å². The van der Waals surface area contributed by atoms with Gasteiger partial charge >= 0.3 is 95.9 Å². The summed E-state index contributed by atoms with van der Waals surface area (Å²) in [6, 6.07) is 25.9. The van der Waals surface area contributed by atoms with Crippen molar-refractivity contribution in [2.24, 2.45) is 0 Å². The number of allylic oxidation sites excluding steroid dienone is 4. The third-order valence-electron chi connectivity index (χ3n) is 7.14. The topological polar surface area (TPSA) is 0 Å². The molecule has 0 saturated carbocycles. The van der Waals surface area contributed by atoms with E-state index < -0.39 is 0 Å². The van der Waals surface area contributed by atoms with Crippen LogP contribution in [0.1, 0.15) is 102 Å². The third-order valence-corrected chi connectivity index (χ3v) is 8.19. The van der Waals surface area contributed by atoms with Crippen molar-refractivity contribution in [3.8, 4) is 11.1 Å². The van der Waals surface area contributed by atoms with Gasteiger partial charge in [-0.3, -0.25) is 6.08 Å². The Balaban J connectivity index is 0.000000359. The van der Waals surface area contributed by atoms with Gasteiger partial charge in [-0.05, 0) is 28.4 Å². The SMILES string of the molecule is CC(C)(C)c1[c-]c2c(cc1)-c1ccc(C(C)(C)C)cc1C2.CCCC[C](=[Zr+2])Cc1ccccc1.[C-]1=CC=CC1.[Cl-].[Cl-]. The molecule has 0 aliphatic heterocycles. The molecule has 3 aromatic carbocycles. The molecule has 0 spiro atoms. The van der Waals surface area contributed by atoms with Crippen LogP contribution in [-0.2, 0) is 47.9 Å². The van der Waals surface area contributed by atoms with Crippen LogP contribution in [0.25, 0.3) is 11.1 Å². The van der Waals surface area contributed by atoms with E-state index in [1.807, 2.05) is 12.2 Å². The predicted molar refractivity (Wildman–Crippen MR) is 167 cm³/mol. The quantitative estimate of drug-likeness (QED) is 0.282. The second-order valence-corrected chi connectivity index (χ2v) is 14.4. The van der Waals surface area contributed by atoms with E-state index in [9.17, 15) is 0 Å². The van der Waals surface area contributed by atoms with Crippen molar-refractivity contribution in [3.63, 3.8) is 0 Å². The van der Waals surface area contributed by atoms with Gasteiger partial charge in [0.25, 0.3) is 0 Å². The van der Waals surface area contributed by atoms with Crippen LogP contribution in [0.15, 0.2) is 78.9 Å². The van der Waals surface area contributed by atoms with Crippen LogP contribution < -0.4 is 24.8 Å². The largest absolute Gasteiger partial charge is 1.00 e. The van der Waals surface area contributed by atoms with Gasteiger partial charge in [-0.2, -0.15) is 29.8 Å². The normalized spacial score (nSPS) is 12.5. The van der Waals surface area contributed by atoms with Crippen LogP contribution in [-0.4, -0.2) is 3.21 Å². The van der Waals surface area contributed by atoms with Crippen LogP contribution in [0.5, 0.6) is 0 Å². The van der Waals surface area contributed by atoms with Crippen molar-refractivity contribution in [1.29, 1.82) is 0 Å². The van der Waals surface area contributed by atoms with Gasteiger partial charge in [-0.15, -0.1) is 17.5 Å². The van der Waals surface area contributed by atoms with Gasteiger partial charge < -0.3 is 24.8 Å². The molecule has 2 aliphatic carbocycles. The smallest absolute Gasteiger partial charge is 0.109 e. The number of unbranched alkanes of at least 4 members (excludes halogenated alkanes) is 1. The van der Waals surface area contributed by atoms with Crippen LogP contribution in [0.4, 0.5) is 0 Å². The molecule has 0 saturated heterocycles. The Morgan fingerprint density at radius 1 is 0.854 bits per heavy atom. The van der Waals surface area contributed by atoms with Gasteiger partial charge in [-0.1, -0.05) is 65.3 Å². The molecule has 0 nitrogen and oxygen atoms in total. The molecule has 0 radical (unpaired) electrons. The summed E-state index contributed by atoms with van der Waals surface area (Å²) in [5, 5.41) is 0. The minimum Gasteiger partial charge on any atom is -1.00 e. The van der Waals surface area contributed by atoms with E-state index in [4.69, 9.17) is 0 Å². The molecular weight excluding hydrogens is 619 g/mol. The Bertz CT molecular complexity index is 1220. The average molecular weight is 665 g/mol. The second-order valence-electron chi connectivity index (χ2n) is 12.7. The van der Waals surface area contributed by atoms with E-state index in [1.165, 1.54) is 64.6 Å². The van der Waals surface area contributed by atoms with Crippen LogP contribution >= 0.6 is 0 Å². The molecule has 0 aromatic heterocycles. The van der Waals surface area contributed by atoms with E-state index >= 15 is 0 Å². The third kappa shape index (κ3) is 11.9. The number of halogens is 2. The fourth-order valence-corrected chi connectivity index (χ4v) is 5.63. The Labute approximate surface area is 278 Å². The van der Waals surface area contributed by atoms with Crippen molar-refractivity contribution in [2.75, 3.05) is 0 Å². The Morgan fingerprint density at radius 3 is 2.07 bits per heavy atom. The van der Waals surface area contributed by atoms with E-state index in [0.29, 0.717) is 0 Å². The number of benzene rings is 3. The summed E-state index contributed by atoms with van der Waals surface area (Å²) in [7, 11) is 0. The molecule has 2 aliphatic rings. The maximum absolute atomic E-state index is 3.67. The molecule has 218 valence electrons. The number of fused-ring (bicyclic) bond motifs is 3. The van der Waals surface area contributed by atoms with Gasteiger partial charge in [0.2, 0.25) is 0 Å². The van der Waals surface area contributed by atoms with Crippen molar-refractivity contribution >= 4 is 3.21 Å². The first-order chi connectivity index (χ1) is 18.5. The second kappa shape index (κ2) is 17.6. The Morgan fingerprint density at radius 2 is 1.54 bits per heavy atom. The molecule has 3 heteroatoms. The Hall–Kier alpha value is -1.53. The fraction of sp³-hybridized carbons (Fsp3) is 0.395. The van der Waals surface area contributed by atoms with Crippen LogP contribution in [0, 0.1) is 12.1 Å². The number of hydrogen-bond donors (Lipinski definition) is 0. The number of hydrogen-bond acceptors (Lipinski definition) is 0. The number of rotatable bonds is 5. The Kier molecular flexibility index (Phi) is 16.1. The van der Waals surface area contributed by atoms with Crippen LogP contribution in [0.3, 0.4) is 0 Å². The first kappa shape index (κ1) is 37.5. The fourth-order valence-electron chi connectivity index (χ4n) is 4.69. The summed E-state index contributed by atoms with van der Waals surface area (Å²) >= 11 is 1.61. The maximum Gasteiger partial charge on any atom is -0.109 e. The average Bonchev–Trinajstić information content (AvgIpc) is 3.58. The molecule has 0 amide bonds. The zero-order valence-electron chi connectivity index (χ0n) is 26.0. The molecule has 0 heterocycles. The van der Waals surface area contributed by atoms with E-state index in [1.54, 1.807) is 27.4 Å². The minimum atomic E-state index is 0. The zero-order chi connectivity index (χ0) is 28.5. The summed E-state index contributed by atoms with van der Waals surface area (Å²) in [6.45, 7) is 15.9. The molecule has 0 atom stereocenters. The summed E-state index contributed by atoms with van der Waals surface area (Å²) in [6.07, 6.45) is 16.2. The molecule has 0 unspecified atom stereocenters. The van der Waals surface area contributed by atoms with E-state index in [0.717, 1.165) is 12.8 Å². The minimum absolute atomic E-state index is 0. The standard InChI is InChI=1S/C21H25.C12H16.C5H5.2ClH.Zr/c1-20(2,3)16-7-9-18-14(12-16)11-15-13-17(21(4,5)6)8-10-19(15)18;1-2-3-4-6-9-12-10-7-5-8-11-12;1-2-4-5-3-1;;;/h7-10,12H,11H2,1-6H3;5,7-8,10-11H,2-4,9H2,1H3;1-3H,4H2;2*1H;/q-1;;-1;;;+2/p-2. The van der Waals surface area contributed by atoms with Gasteiger partial charge in [0.1, 0.15) is 0 Å².